The zero-order valence-electron chi connectivity index (χ0n) is 9.77. The summed E-state index contributed by atoms with van der Waals surface area (Å²) in [6, 6.07) is 3.95. The number of hydrogen-bond donors (Lipinski definition) is 2. The van der Waals surface area contributed by atoms with Crippen LogP contribution in [0.3, 0.4) is 0 Å². The van der Waals surface area contributed by atoms with Crippen LogP contribution in [0.5, 0.6) is 0 Å². The van der Waals surface area contributed by atoms with Crippen LogP contribution in [0.25, 0.3) is 0 Å². The smallest absolute Gasteiger partial charge is 0.360 e. The van der Waals surface area contributed by atoms with E-state index in [4.69, 9.17) is 12.2 Å². The number of anilines is 1. The van der Waals surface area contributed by atoms with Crippen molar-refractivity contribution in [2.24, 2.45) is 0 Å². The molecular weight excluding hydrogens is 261 g/mol. The van der Waals surface area contributed by atoms with Gasteiger partial charge in [-0.05, 0) is 49.7 Å². The maximum atomic E-state index is 12.6. The van der Waals surface area contributed by atoms with Gasteiger partial charge in [0.1, 0.15) is 0 Å². The van der Waals surface area contributed by atoms with Crippen molar-refractivity contribution in [3.63, 3.8) is 0 Å². The first-order valence-electron chi connectivity index (χ1n) is 5.61. The minimum Gasteiger partial charge on any atom is -0.360 e. The van der Waals surface area contributed by atoms with Crippen molar-refractivity contribution in [1.29, 1.82) is 0 Å². The van der Waals surface area contributed by atoms with Crippen molar-refractivity contribution in [3.8, 4) is 0 Å². The predicted octanol–water partition coefficient (Wildman–Crippen LogP) is 3.46. The van der Waals surface area contributed by atoms with Gasteiger partial charge >= 0.3 is 6.18 Å². The largest absolute Gasteiger partial charge is 0.416 e. The fourth-order valence-electron chi connectivity index (χ4n) is 1.50. The third-order valence-corrected chi connectivity index (χ3v) is 2.95. The van der Waals surface area contributed by atoms with Crippen LogP contribution in [0, 0.1) is 6.92 Å². The average molecular weight is 274 g/mol. The van der Waals surface area contributed by atoms with E-state index in [2.05, 4.69) is 10.6 Å². The molecule has 0 heterocycles. The second kappa shape index (κ2) is 4.76. The molecule has 0 bridgehead atoms. The van der Waals surface area contributed by atoms with Gasteiger partial charge in [0.25, 0.3) is 0 Å². The number of thiocarbonyl (C=S) groups is 1. The van der Waals surface area contributed by atoms with Crippen molar-refractivity contribution in [3.05, 3.63) is 29.3 Å². The molecule has 2 nitrogen and oxygen atoms in total. The summed E-state index contributed by atoms with van der Waals surface area (Å²) in [6.45, 7) is 1.74. The summed E-state index contributed by atoms with van der Waals surface area (Å²) in [4.78, 5) is 0. The first kappa shape index (κ1) is 13.1. The molecule has 1 aliphatic rings. The lowest BCUT2D eigenvalue weighted by Gasteiger charge is -2.14. The lowest BCUT2D eigenvalue weighted by Crippen LogP contribution is -2.30. The molecule has 0 aromatic heterocycles. The fraction of sp³-hybridized carbons (Fsp3) is 0.417. The molecule has 1 saturated carbocycles. The highest BCUT2D eigenvalue weighted by atomic mass is 32.1. The Morgan fingerprint density at radius 3 is 2.56 bits per heavy atom. The van der Waals surface area contributed by atoms with E-state index < -0.39 is 11.7 Å². The fourth-order valence-corrected chi connectivity index (χ4v) is 1.78. The topological polar surface area (TPSA) is 24.1 Å². The Labute approximate surface area is 109 Å². The van der Waals surface area contributed by atoms with E-state index in [1.165, 1.54) is 6.07 Å². The second-order valence-corrected chi connectivity index (χ2v) is 4.81. The highest BCUT2D eigenvalue weighted by molar-refractivity contribution is 7.80. The molecule has 1 aliphatic carbocycles. The van der Waals surface area contributed by atoms with Crippen LogP contribution in [-0.2, 0) is 6.18 Å². The van der Waals surface area contributed by atoms with Gasteiger partial charge in [0.2, 0.25) is 0 Å². The molecule has 18 heavy (non-hydrogen) atoms. The Hall–Kier alpha value is -1.30. The van der Waals surface area contributed by atoms with Crippen molar-refractivity contribution >= 4 is 23.0 Å². The van der Waals surface area contributed by atoms with E-state index in [0.717, 1.165) is 30.5 Å². The number of benzene rings is 1. The third-order valence-electron chi connectivity index (χ3n) is 2.73. The molecule has 1 aromatic carbocycles. The summed E-state index contributed by atoms with van der Waals surface area (Å²) in [7, 11) is 0. The van der Waals surface area contributed by atoms with Gasteiger partial charge in [0, 0.05) is 11.7 Å². The van der Waals surface area contributed by atoms with Crippen molar-refractivity contribution in [2.45, 2.75) is 32.0 Å². The Kier molecular flexibility index (Phi) is 3.47. The van der Waals surface area contributed by atoms with Gasteiger partial charge in [-0.15, -0.1) is 0 Å². The maximum absolute atomic E-state index is 12.6. The third kappa shape index (κ3) is 3.35. The monoisotopic (exact) mass is 274 g/mol. The van der Waals surface area contributed by atoms with Gasteiger partial charge in [-0.3, -0.25) is 0 Å². The summed E-state index contributed by atoms with van der Waals surface area (Å²) in [5, 5.41) is 6.22. The quantitative estimate of drug-likeness (QED) is 0.808. The van der Waals surface area contributed by atoms with E-state index in [9.17, 15) is 13.2 Å². The molecule has 0 radical (unpaired) electrons. The van der Waals surface area contributed by atoms with Crippen molar-refractivity contribution < 1.29 is 13.2 Å². The van der Waals surface area contributed by atoms with E-state index in [1.807, 2.05) is 0 Å². The van der Waals surface area contributed by atoms with E-state index in [0.29, 0.717) is 16.8 Å². The first-order valence-corrected chi connectivity index (χ1v) is 6.02. The molecule has 0 aliphatic heterocycles. The number of alkyl halides is 3. The molecule has 0 amide bonds. The van der Waals surface area contributed by atoms with E-state index in [-0.39, 0.29) is 0 Å². The molecule has 0 unspecified atom stereocenters. The Morgan fingerprint density at radius 1 is 1.33 bits per heavy atom. The highest BCUT2D eigenvalue weighted by Gasteiger charge is 2.31. The average Bonchev–Trinajstić information content (AvgIpc) is 3.03. The normalized spacial score (nSPS) is 15.3. The van der Waals surface area contributed by atoms with Crippen LogP contribution in [0.4, 0.5) is 18.9 Å². The number of nitrogens with one attached hydrogen (secondary N) is 2. The first-order chi connectivity index (χ1) is 8.36. The molecule has 2 N–H and O–H groups in total. The minimum atomic E-state index is -4.34. The highest BCUT2D eigenvalue weighted by Crippen LogP contribution is 2.32. The minimum absolute atomic E-state index is 0.371. The van der Waals surface area contributed by atoms with Gasteiger partial charge in [-0.1, -0.05) is 6.07 Å². The van der Waals surface area contributed by atoms with Crippen molar-refractivity contribution in [2.75, 3.05) is 5.32 Å². The van der Waals surface area contributed by atoms with Gasteiger partial charge in [-0.25, -0.2) is 0 Å². The van der Waals surface area contributed by atoms with Gasteiger partial charge in [0.15, 0.2) is 5.11 Å². The molecule has 2 rings (SSSR count). The Morgan fingerprint density at radius 2 is 2.00 bits per heavy atom. The molecule has 98 valence electrons. The predicted molar refractivity (Wildman–Crippen MR) is 68.6 cm³/mol. The standard InChI is InChI=1S/C12H13F3N2S/c1-7-2-3-8(12(13,14)15)6-10(7)17-11(18)16-9-4-5-9/h2-3,6,9H,4-5H2,1H3,(H2,16,17,18). The Balaban J connectivity index is 2.12. The number of rotatable bonds is 2. The summed E-state index contributed by atoms with van der Waals surface area (Å²) in [5.41, 5.74) is 0.441. The zero-order valence-corrected chi connectivity index (χ0v) is 10.6. The molecule has 0 saturated heterocycles. The number of halogens is 3. The van der Waals surface area contributed by atoms with Gasteiger partial charge in [-0.2, -0.15) is 13.2 Å². The molecule has 6 heteroatoms. The zero-order chi connectivity index (χ0) is 13.3. The lowest BCUT2D eigenvalue weighted by atomic mass is 10.1. The molecule has 0 atom stereocenters. The lowest BCUT2D eigenvalue weighted by molar-refractivity contribution is -0.137. The molecule has 0 spiro atoms. The summed E-state index contributed by atoms with van der Waals surface area (Å²) < 4.78 is 37.7. The van der Waals surface area contributed by atoms with E-state index >= 15 is 0 Å². The van der Waals surface area contributed by atoms with E-state index in [1.54, 1.807) is 6.92 Å². The van der Waals surface area contributed by atoms with Crippen LogP contribution in [0.1, 0.15) is 24.0 Å². The molecule has 1 fully saturated rings. The van der Waals surface area contributed by atoms with Gasteiger partial charge < -0.3 is 10.6 Å². The van der Waals surface area contributed by atoms with Crippen LogP contribution in [0.15, 0.2) is 18.2 Å². The number of hydrogen-bond acceptors (Lipinski definition) is 1. The van der Waals surface area contributed by atoms with Crippen LogP contribution in [0.2, 0.25) is 0 Å². The molecular formula is C12H13F3N2S. The van der Waals surface area contributed by atoms with Crippen LogP contribution in [-0.4, -0.2) is 11.2 Å². The van der Waals surface area contributed by atoms with Crippen molar-refractivity contribution in [1.82, 2.24) is 5.32 Å². The maximum Gasteiger partial charge on any atom is 0.416 e. The van der Waals surface area contributed by atoms with Crippen LogP contribution < -0.4 is 10.6 Å². The summed E-state index contributed by atoms with van der Waals surface area (Å²) >= 11 is 5.05. The number of aryl methyl sites for hydroxylation is 1. The van der Waals surface area contributed by atoms with Gasteiger partial charge in [0.05, 0.1) is 5.56 Å². The summed E-state index contributed by atoms with van der Waals surface area (Å²) in [6.07, 6.45) is -2.22. The second-order valence-electron chi connectivity index (χ2n) is 4.40. The SMILES string of the molecule is Cc1ccc(C(F)(F)F)cc1NC(=S)NC1CC1. The Bertz CT molecular complexity index is 467. The van der Waals surface area contributed by atoms with Crippen LogP contribution >= 0.6 is 12.2 Å². The summed E-state index contributed by atoms with van der Waals surface area (Å²) in [5.74, 6) is 0. The molecule has 1 aromatic rings.